The molecule has 0 bridgehead atoms. The standard InChI is InChI=1S/C20H22N6O/c1-14-3-5-17(6-4-14)25-18-13-15(2)24-20(26-18)23-12-11-22-19(27)16-7-9-21-10-8-16/h3-10,13H,11-12H2,1-2H3,(H,22,27)(H2,23,24,25,26). The van der Waals surface area contributed by atoms with Crippen molar-refractivity contribution < 1.29 is 4.79 Å². The van der Waals surface area contributed by atoms with Gasteiger partial charge >= 0.3 is 0 Å². The van der Waals surface area contributed by atoms with Crippen LogP contribution in [0.25, 0.3) is 0 Å². The molecule has 2 heterocycles. The quantitative estimate of drug-likeness (QED) is 0.560. The van der Waals surface area contributed by atoms with Crippen LogP contribution >= 0.6 is 0 Å². The molecule has 2 aromatic heterocycles. The third-order valence-corrected chi connectivity index (χ3v) is 3.81. The van der Waals surface area contributed by atoms with E-state index in [1.807, 2.05) is 44.2 Å². The van der Waals surface area contributed by atoms with E-state index in [0.717, 1.165) is 17.2 Å². The van der Waals surface area contributed by atoms with Crippen LogP contribution < -0.4 is 16.0 Å². The third kappa shape index (κ3) is 5.50. The number of carbonyl (C=O) groups excluding carboxylic acids is 1. The molecule has 0 saturated carbocycles. The van der Waals surface area contributed by atoms with E-state index < -0.39 is 0 Å². The van der Waals surface area contributed by atoms with Gasteiger partial charge in [0.05, 0.1) is 0 Å². The average molecular weight is 362 g/mol. The van der Waals surface area contributed by atoms with E-state index in [1.165, 1.54) is 5.56 Å². The van der Waals surface area contributed by atoms with Crippen molar-refractivity contribution in [1.82, 2.24) is 20.3 Å². The number of benzene rings is 1. The molecule has 0 aliphatic rings. The van der Waals surface area contributed by atoms with Gasteiger partial charge in [-0.25, -0.2) is 4.98 Å². The monoisotopic (exact) mass is 362 g/mol. The second-order valence-electron chi connectivity index (χ2n) is 6.13. The van der Waals surface area contributed by atoms with Crippen molar-refractivity contribution in [2.24, 2.45) is 0 Å². The maximum absolute atomic E-state index is 12.0. The van der Waals surface area contributed by atoms with Crippen LogP contribution in [0, 0.1) is 13.8 Å². The first-order valence-corrected chi connectivity index (χ1v) is 8.71. The van der Waals surface area contributed by atoms with Crippen molar-refractivity contribution in [3.05, 3.63) is 71.7 Å². The Balaban J connectivity index is 1.53. The summed E-state index contributed by atoms with van der Waals surface area (Å²) in [6.45, 7) is 4.94. The molecule has 0 spiro atoms. The fourth-order valence-corrected chi connectivity index (χ4v) is 2.45. The average Bonchev–Trinajstić information content (AvgIpc) is 2.67. The molecule has 3 rings (SSSR count). The highest BCUT2D eigenvalue weighted by Crippen LogP contribution is 2.17. The lowest BCUT2D eigenvalue weighted by molar-refractivity contribution is 0.0955. The molecule has 0 fully saturated rings. The van der Waals surface area contributed by atoms with Crippen LogP contribution in [0.3, 0.4) is 0 Å². The van der Waals surface area contributed by atoms with Crippen LogP contribution in [0.1, 0.15) is 21.6 Å². The lowest BCUT2D eigenvalue weighted by atomic mass is 10.2. The molecule has 0 radical (unpaired) electrons. The van der Waals surface area contributed by atoms with Crippen LogP contribution in [0.2, 0.25) is 0 Å². The summed E-state index contributed by atoms with van der Waals surface area (Å²) in [6, 6.07) is 13.3. The van der Waals surface area contributed by atoms with E-state index >= 15 is 0 Å². The second-order valence-corrected chi connectivity index (χ2v) is 6.13. The molecule has 0 aliphatic carbocycles. The number of aryl methyl sites for hydroxylation is 2. The Labute approximate surface area is 158 Å². The predicted molar refractivity (Wildman–Crippen MR) is 106 cm³/mol. The van der Waals surface area contributed by atoms with E-state index in [4.69, 9.17) is 0 Å². The van der Waals surface area contributed by atoms with Gasteiger partial charge < -0.3 is 16.0 Å². The zero-order valence-corrected chi connectivity index (χ0v) is 15.4. The summed E-state index contributed by atoms with van der Waals surface area (Å²) in [5.74, 6) is 1.10. The van der Waals surface area contributed by atoms with Gasteiger partial charge in [-0.3, -0.25) is 9.78 Å². The third-order valence-electron chi connectivity index (χ3n) is 3.81. The molecule has 3 aromatic rings. The summed E-state index contributed by atoms with van der Waals surface area (Å²) in [5.41, 5.74) is 3.61. The zero-order valence-electron chi connectivity index (χ0n) is 15.4. The Morgan fingerprint density at radius 1 is 0.963 bits per heavy atom. The minimum absolute atomic E-state index is 0.133. The van der Waals surface area contributed by atoms with Gasteiger partial charge in [0.2, 0.25) is 5.95 Å². The fraction of sp³-hybridized carbons (Fsp3) is 0.200. The summed E-state index contributed by atoms with van der Waals surface area (Å²) in [4.78, 5) is 24.7. The molecular formula is C20H22N6O. The van der Waals surface area contributed by atoms with Crippen molar-refractivity contribution in [3.63, 3.8) is 0 Å². The number of nitrogens with one attached hydrogen (secondary N) is 3. The van der Waals surface area contributed by atoms with Gasteiger partial charge in [-0.1, -0.05) is 17.7 Å². The van der Waals surface area contributed by atoms with E-state index in [1.54, 1.807) is 24.5 Å². The van der Waals surface area contributed by atoms with Crippen LogP contribution in [0.15, 0.2) is 54.9 Å². The summed E-state index contributed by atoms with van der Waals surface area (Å²) in [5, 5.41) is 9.26. The van der Waals surface area contributed by atoms with E-state index in [0.29, 0.717) is 24.6 Å². The number of pyridine rings is 1. The number of hydrogen-bond donors (Lipinski definition) is 3. The molecule has 0 aliphatic heterocycles. The van der Waals surface area contributed by atoms with Crippen LogP contribution in [0.4, 0.5) is 17.5 Å². The molecule has 0 saturated heterocycles. The first-order chi connectivity index (χ1) is 13.1. The highest BCUT2D eigenvalue weighted by molar-refractivity contribution is 5.93. The highest BCUT2D eigenvalue weighted by atomic mass is 16.1. The second kappa shape index (κ2) is 8.75. The predicted octanol–water partition coefficient (Wildman–Crippen LogP) is 3.07. The van der Waals surface area contributed by atoms with E-state index in [9.17, 15) is 4.79 Å². The van der Waals surface area contributed by atoms with E-state index in [2.05, 4.69) is 30.9 Å². The summed E-state index contributed by atoms with van der Waals surface area (Å²) < 4.78 is 0. The Bertz CT molecular complexity index is 896. The largest absolute Gasteiger partial charge is 0.352 e. The molecule has 0 atom stereocenters. The lowest BCUT2D eigenvalue weighted by Gasteiger charge is -2.11. The lowest BCUT2D eigenvalue weighted by Crippen LogP contribution is -2.29. The molecule has 7 nitrogen and oxygen atoms in total. The smallest absolute Gasteiger partial charge is 0.251 e. The van der Waals surface area contributed by atoms with Crippen molar-refractivity contribution in [2.75, 3.05) is 23.7 Å². The number of amides is 1. The summed E-state index contributed by atoms with van der Waals surface area (Å²) in [6.07, 6.45) is 3.19. The molecule has 1 amide bonds. The summed E-state index contributed by atoms with van der Waals surface area (Å²) in [7, 11) is 0. The van der Waals surface area contributed by atoms with Crippen molar-refractivity contribution in [3.8, 4) is 0 Å². The van der Waals surface area contributed by atoms with Crippen LogP contribution in [-0.4, -0.2) is 33.9 Å². The topological polar surface area (TPSA) is 91.8 Å². The Morgan fingerprint density at radius 3 is 2.44 bits per heavy atom. The van der Waals surface area contributed by atoms with Crippen LogP contribution in [-0.2, 0) is 0 Å². The van der Waals surface area contributed by atoms with Crippen molar-refractivity contribution >= 4 is 23.4 Å². The van der Waals surface area contributed by atoms with Gasteiger partial charge in [0.25, 0.3) is 5.91 Å². The van der Waals surface area contributed by atoms with Crippen LogP contribution in [0.5, 0.6) is 0 Å². The van der Waals surface area contributed by atoms with Gasteiger partial charge in [0.1, 0.15) is 5.82 Å². The molecule has 138 valence electrons. The van der Waals surface area contributed by atoms with Gasteiger partial charge in [0, 0.05) is 48.5 Å². The Kier molecular flexibility index (Phi) is 5.94. The fourth-order valence-electron chi connectivity index (χ4n) is 2.45. The number of anilines is 3. The minimum atomic E-state index is -0.133. The Morgan fingerprint density at radius 2 is 1.70 bits per heavy atom. The first kappa shape index (κ1) is 18.3. The maximum atomic E-state index is 12.0. The van der Waals surface area contributed by atoms with Gasteiger partial charge in [-0.15, -0.1) is 0 Å². The molecule has 1 aromatic carbocycles. The SMILES string of the molecule is Cc1ccc(Nc2cc(C)nc(NCCNC(=O)c3ccncc3)n2)cc1. The van der Waals surface area contributed by atoms with Crippen molar-refractivity contribution in [1.29, 1.82) is 0 Å². The number of hydrogen-bond acceptors (Lipinski definition) is 6. The first-order valence-electron chi connectivity index (χ1n) is 8.71. The number of carbonyl (C=O) groups is 1. The van der Waals surface area contributed by atoms with Crippen molar-refractivity contribution in [2.45, 2.75) is 13.8 Å². The number of nitrogens with zero attached hydrogens (tertiary/aromatic N) is 3. The van der Waals surface area contributed by atoms with Gasteiger partial charge in [-0.2, -0.15) is 4.98 Å². The van der Waals surface area contributed by atoms with Gasteiger partial charge in [-0.05, 0) is 38.1 Å². The molecule has 27 heavy (non-hydrogen) atoms. The highest BCUT2D eigenvalue weighted by Gasteiger charge is 2.05. The normalized spacial score (nSPS) is 10.3. The van der Waals surface area contributed by atoms with E-state index in [-0.39, 0.29) is 5.91 Å². The maximum Gasteiger partial charge on any atom is 0.251 e. The molecular weight excluding hydrogens is 340 g/mol. The minimum Gasteiger partial charge on any atom is -0.352 e. The van der Waals surface area contributed by atoms with Gasteiger partial charge in [0.15, 0.2) is 0 Å². The number of aromatic nitrogens is 3. The summed E-state index contributed by atoms with van der Waals surface area (Å²) >= 11 is 0. The molecule has 3 N–H and O–H groups in total. The molecule has 0 unspecified atom stereocenters. The zero-order chi connectivity index (χ0) is 19.1. The Hall–Kier alpha value is -3.48. The number of rotatable bonds is 7. The molecule has 7 heteroatoms.